The van der Waals surface area contributed by atoms with Crippen molar-refractivity contribution >= 4 is 16.7 Å². The lowest BCUT2D eigenvalue weighted by atomic mass is 10.1. The summed E-state index contributed by atoms with van der Waals surface area (Å²) in [6.45, 7) is 4.99. The zero-order chi connectivity index (χ0) is 15.5. The van der Waals surface area contributed by atoms with Gasteiger partial charge < -0.3 is 5.32 Å². The molecule has 0 spiro atoms. The summed E-state index contributed by atoms with van der Waals surface area (Å²) in [7, 11) is 1.98. The molecule has 0 aliphatic rings. The number of nitrogens with one attached hydrogen (secondary N) is 1. The number of aryl methyl sites for hydroxylation is 2. The minimum atomic E-state index is 0.779. The molecule has 0 saturated carbocycles. The SMILES string of the molecule is Cc1nn(C)c(C)c1CCNc1nc(-c2ccccc2)ns1. The first kappa shape index (κ1) is 14.7. The number of aromatic nitrogens is 4. The van der Waals surface area contributed by atoms with Crippen molar-refractivity contribution in [2.75, 3.05) is 11.9 Å². The molecule has 0 aliphatic carbocycles. The Hall–Kier alpha value is -2.21. The number of benzene rings is 1. The van der Waals surface area contributed by atoms with E-state index in [0.29, 0.717) is 0 Å². The molecule has 0 unspecified atom stereocenters. The van der Waals surface area contributed by atoms with Gasteiger partial charge in [0.15, 0.2) is 5.82 Å². The van der Waals surface area contributed by atoms with Gasteiger partial charge in [-0.05, 0) is 25.8 Å². The maximum Gasteiger partial charge on any atom is 0.202 e. The molecule has 3 aromatic rings. The largest absolute Gasteiger partial charge is 0.360 e. The fraction of sp³-hybridized carbons (Fsp3) is 0.312. The lowest BCUT2D eigenvalue weighted by molar-refractivity contribution is 0.730. The van der Waals surface area contributed by atoms with Crippen molar-refractivity contribution in [2.45, 2.75) is 20.3 Å². The normalized spacial score (nSPS) is 10.9. The summed E-state index contributed by atoms with van der Waals surface area (Å²) in [5.74, 6) is 0.779. The first-order chi connectivity index (χ1) is 10.6. The predicted octanol–water partition coefficient (Wildman–Crippen LogP) is 3.21. The minimum absolute atomic E-state index is 0.779. The molecule has 5 nitrogen and oxygen atoms in total. The van der Waals surface area contributed by atoms with E-state index in [-0.39, 0.29) is 0 Å². The minimum Gasteiger partial charge on any atom is -0.360 e. The van der Waals surface area contributed by atoms with E-state index in [1.54, 1.807) is 0 Å². The second-order valence-corrected chi connectivity index (χ2v) is 5.99. The fourth-order valence-corrected chi connectivity index (χ4v) is 3.09. The van der Waals surface area contributed by atoms with E-state index >= 15 is 0 Å². The smallest absolute Gasteiger partial charge is 0.202 e. The zero-order valence-corrected chi connectivity index (χ0v) is 13.8. The fourth-order valence-electron chi connectivity index (χ4n) is 2.47. The van der Waals surface area contributed by atoms with E-state index < -0.39 is 0 Å². The van der Waals surface area contributed by atoms with Crippen molar-refractivity contribution in [1.82, 2.24) is 19.1 Å². The van der Waals surface area contributed by atoms with Gasteiger partial charge in [-0.1, -0.05) is 30.3 Å². The molecule has 0 fully saturated rings. The van der Waals surface area contributed by atoms with E-state index in [0.717, 1.165) is 35.2 Å². The van der Waals surface area contributed by atoms with Crippen molar-refractivity contribution < 1.29 is 0 Å². The Bertz CT molecular complexity index is 760. The van der Waals surface area contributed by atoms with E-state index in [1.165, 1.54) is 22.8 Å². The first-order valence-corrected chi connectivity index (χ1v) is 8.04. The predicted molar refractivity (Wildman–Crippen MR) is 90.2 cm³/mol. The lowest BCUT2D eigenvalue weighted by Crippen LogP contribution is -2.06. The Morgan fingerprint density at radius 2 is 1.95 bits per heavy atom. The molecule has 22 heavy (non-hydrogen) atoms. The number of hydrogen-bond acceptors (Lipinski definition) is 5. The molecule has 0 amide bonds. The van der Waals surface area contributed by atoms with Crippen LogP contribution in [0, 0.1) is 13.8 Å². The molecule has 0 radical (unpaired) electrons. The molecule has 3 rings (SSSR count). The summed E-state index contributed by atoms with van der Waals surface area (Å²) in [6.07, 6.45) is 0.936. The highest BCUT2D eigenvalue weighted by Crippen LogP contribution is 2.21. The van der Waals surface area contributed by atoms with Crippen LogP contribution in [0.3, 0.4) is 0 Å². The Kier molecular flexibility index (Phi) is 4.20. The number of hydrogen-bond donors (Lipinski definition) is 1. The molecule has 0 atom stereocenters. The summed E-state index contributed by atoms with van der Waals surface area (Å²) in [5.41, 5.74) is 4.68. The van der Waals surface area contributed by atoms with Crippen molar-refractivity contribution in [3.8, 4) is 11.4 Å². The molecule has 0 saturated heterocycles. The van der Waals surface area contributed by atoms with Crippen molar-refractivity contribution in [1.29, 1.82) is 0 Å². The highest BCUT2D eigenvalue weighted by Gasteiger charge is 2.10. The van der Waals surface area contributed by atoms with Crippen molar-refractivity contribution in [2.24, 2.45) is 7.05 Å². The Labute approximate surface area is 134 Å². The van der Waals surface area contributed by atoms with Crippen LogP contribution in [0.25, 0.3) is 11.4 Å². The molecule has 2 aromatic heterocycles. The summed E-state index contributed by atoms with van der Waals surface area (Å²) in [6, 6.07) is 10.0. The van der Waals surface area contributed by atoms with Gasteiger partial charge in [-0.2, -0.15) is 14.5 Å². The third-order valence-electron chi connectivity index (χ3n) is 3.77. The van der Waals surface area contributed by atoms with Gasteiger partial charge in [-0.3, -0.25) is 4.68 Å². The third kappa shape index (κ3) is 3.01. The van der Waals surface area contributed by atoms with E-state index in [9.17, 15) is 0 Å². The van der Waals surface area contributed by atoms with Crippen LogP contribution in [0.1, 0.15) is 17.0 Å². The molecule has 6 heteroatoms. The van der Waals surface area contributed by atoms with Gasteiger partial charge in [0.25, 0.3) is 0 Å². The molecule has 114 valence electrons. The van der Waals surface area contributed by atoms with Gasteiger partial charge in [0.05, 0.1) is 5.69 Å². The van der Waals surface area contributed by atoms with Crippen LogP contribution in [0.2, 0.25) is 0 Å². The monoisotopic (exact) mass is 313 g/mol. The van der Waals surface area contributed by atoms with Gasteiger partial charge in [-0.25, -0.2) is 0 Å². The first-order valence-electron chi connectivity index (χ1n) is 7.27. The molecule has 1 N–H and O–H groups in total. The van der Waals surface area contributed by atoms with Gasteiger partial charge in [-0.15, -0.1) is 0 Å². The quantitative estimate of drug-likeness (QED) is 0.786. The van der Waals surface area contributed by atoms with E-state index in [1.807, 2.05) is 42.1 Å². The molecule has 0 bridgehead atoms. The third-order valence-corrected chi connectivity index (χ3v) is 4.44. The van der Waals surface area contributed by atoms with Crippen LogP contribution in [0.15, 0.2) is 30.3 Å². The Morgan fingerprint density at radius 3 is 2.64 bits per heavy atom. The standard InChI is InChI=1S/C16H19N5S/c1-11-14(12(2)21(3)19-11)9-10-17-16-18-15(20-22-16)13-7-5-4-6-8-13/h4-8H,9-10H2,1-3H3,(H,17,18,20). The lowest BCUT2D eigenvalue weighted by Gasteiger charge is -2.03. The topological polar surface area (TPSA) is 55.6 Å². The summed E-state index contributed by atoms with van der Waals surface area (Å²) < 4.78 is 6.34. The van der Waals surface area contributed by atoms with Gasteiger partial charge in [0.2, 0.25) is 5.13 Å². The van der Waals surface area contributed by atoms with Gasteiger partial charge in [0, 0.05) is 36.4 Å². The summed E-state index contributed by atoms with van der Waals surface area (Å²) in [4.78, 5) is 4.54. The van der Waals surface area contributed by atoms with Crippen LogP contribution >= 0.6 is 11.5 Å². The van der Waals surface area contributed by atoms with Crippen molar-refractivity contribution in [3.63, 3.8) is 0 Å². The highest BCUT2D eigenvalue weighted by molar-refractivity contribution is 7.09. The van der Waals surface area contributed by atoms with E-state index in [4.69, 9.17) is 0 Å². The molecular formula is C16H19N5S. The summed E-state index contributed by atoms with van der Waals surface area (Å²) >= 11 is 1.40. The van der Waals surface area contributed by atoms with Crippen LogP contribution in [0.5, 0.6) is 0 Å². The number of nitrogens with zero attached hydrogens (tertiary/aromatic N) is 4. The molecular weight excluding hydrogens is 294 g/mol. The maximum atomic E-state index is 4.54. The van der Waals surface area contributed by atoms with Gasteiger partial charge >= 0.3 is 0 Å². The number of rotatable bonds is 5. The maximum absolute atomic E-state index is 4.54. The Morgan fingerprint density at radius 1 is 1.18 bits per heavy atom. The van der Waals surface area contributed by atoms with Crippen LogP contribution in [0.4, 0.5) is 5.13 Å². The average molecular weight is 313 g/mol. The zero-order valence-electron chi connectivity index (χ0n) is 13.0. The van der Waals surface area contributed by atoms with Gasteiger partial charge in [0.1, 0.15) is 0 Å². The van der Waals surface area contributed by atoms with Crippen LogP contribution in [-0.4, -0.2) is 25.7 Å². The molecule has 0 aliphatic heterocycles. The van der Waals surface area contributed by atoms with Crippen LogP contribution in [-0.2, 0) is 13.5 Å². The second kappa shape index (κ2) is 6.27. The van der Waals surface area contributed by atoms with E-state index in [2.05, 4.69) is 33.6 Å². The second-order valence-electron chi connectivity index (χ2n) is 5.24. The van der Waals surface area contributed by atoms with Crippen molar-refractivity contribution in [3.05, 3.63) is 47.3 Å². The highest BCUT2D eigenvalue weighted by atomic mass is 32.1. The average Bonchev–Trinajstić information content (AvgIpc) is 3.08. The molecule has 1 aromatic carbocycles. The summed E-state index contributed by atoms with van der Waals surface area (Å²) in [5, 5.41) is 8.66. The Balaban J connectivity index is 1.62. The van der Waals surface area contributed by atoms with Crippen LogP contribution < -0.4 is 5.32 Å². The number of anilines is 1. The molecule has 2 heterocycles.